The van der Waals surface area contributed by atoms with Gasteiger partial charge in [0.05, 0.1) is 18.0 Å². The van der Waals surface area contributed by atoms with Gasteiger partial charge in [-0.1, -0.05) is 37.0 Å². The summed E-state index contributed by atoms with van der Waals surface area (Å²) in [4.78, 5) is 13.0. The van der Waals surface area contributed by atoms with Gasteiger partial charge >= 0.3 is 0 Å². The maximum absolute atomic E-state index is 13.4. The lowest BCUT2D eigenvalue weighted by atomic mass is 9.95. The van der Waals surface area contributed by atoms with Crippen molar-refractivity contribution in [3.8, 4) is 5.75 Å². The van der Waals surface area contributed by atoms with E-state index < -0.39 is 10.0 Å². The number of aryl methyl sites for hydroxylation is 1. The van der Waals surface area contributed by atoms with Crippen molar-refractivity contribution >= 4 is 21.6 Å². The van der Waals surface area contributed by atoms with Gasteiger partial charge in [0, 0.05) is 11.7 Å². The van der Waals surface area contributed by atoms with E-state index >= 15 is 0 Å². The van der Waals surface area contributed by atoms with Gasteiger partial charge < -0.3 is 10.1 Å². The molecule has 30 heavy (non-hydrogen) atoms. The van der Waals surface area contributed by atoms with Crippen LogP contribution in [0.15, 0.2) is 53.4 Å². The summed E-state index contributed by atoms with van der Waals surface area (Å²) >= 11 is 0. The normalized spacial score (nSPS) is 15.2. The lowest BCUT2D eigenvalue weighted by Gasteiger charge is -2.33. The average Bonchev–Trinajstić information content (AvgIpc) is 2.74. The van der Waals surface area contributed by atoms with Crippen LogP contribution < -0.4 is 10.1 Å². The number of nitrogens with one attached hydrogen (secondary N) is 1. The van der Waals surface area contributed by atoms with Gasteiger partial charge in [-0.15, -0.1) is 0 Å². The van der Waals surface area contributed by atoms with E-state index in [2.05, 4.69) is 5.32 Å². The first-order valence-corrected chi connectivity index (χ1v) is 12.0. The third kappa shape index (κ3) is 5.61. The molecule has 0 spiro atoms. The van der Waals surface area contributed by atoms with Crippen molar-refractivity contribution in [2.75, 3.05) is 18.5 Å². The average molecular weight is 431 g/mol. The summed E-state index contributed by atoms with van der Waals surface area (Å²) in [7, 11) is -3.77. The zero-order chi connectivity index (χ0) is 21.6. The molecular formula is C23H30N2O4S. The highest BCUT2D eigenvalue weighted by atomic mass is 32.2. The highest BCUT2D eigenvalue weighted by Crippen LogP contribution is 2.28. The predicted molar refractivity (Wildman–Crippen MR) is 118 cm³/mol. The number of carbonyl (C=O) groups is 1. The van der Waals surface area contributed by atoms with Gasteiger partial charge in [-0.25, -0.2) is 8.42 Å². The van der Waals surface area contributed by atoms with Gasteiger partial charge in [-0.05, 0) is 63.1 Å². The molecular weight excluding hydrogens is 400 g/mol. The van der Waals surface area contributed by atoms with Crippen LogP contribution in [-0.4, -0.2) is 37.8 Å². The summed E-state index contributed by atoms with van der Waals surface area (Å²) < 4.78 is 33.6. The summed E-state index contributed by atoms with van der Waals surface area (Å²) in [6.45, 7) is 4.19. The van der Waals surface area contributed by atoms with Crippen molar-refractivity contribution in [3.63, 3.8) is 0 Å². The van der Waals surface area contributed by atoms with E-state index in [1.165, 1.54) is 4.31 Å². The third-order valence-corrected chi connectivity index (χ3v) is 7.27. The number of anilines is 1. The Morgan fingerprint density at radius 1 is 1.03 bits per heavy atom. The molecule has 0 radical (unpaired) electrons. The van der Waals surface area contributed by atoms with Crippen LogP contribution in [0, 0.1) is 6.92 Å². The van der Waals surface area contributed by atoms with Gasteiger partial charge in [0.1, 0.15) is 5.75 Å². The molecule has 1 N–H and O–H groups in total. The number of rotatable bonds is 8. The van der Waals surface area contributed by atoms with E-state index in [0.29, 0.717) is 12.3 Å². The van der Waals surface area contributed by atoms with E-state index in [4.69, 9.17) is 4.74 Å². The van der Waals surface area contributed by atoms with Crippen molar-refractivity contribution in [1.82, 2.24) is 4.31 Å². The highest BCUT2D eigenvalue weighted by Gasteiger charge is 2.33. The second-order valence-corrected chi connectivity index (χ2v) is 9.55. The number of amides is 1. The van der Waals surface area contributed by atoms with Crippen LogP contribution in [0.4, 0.5) is 5.69 Å². The monoisotopic (exact) mass is 430 g/mol. The molecule has 0 bridgehead atoms. The zero-order valence-electron chi connectivity index (χ0n) is 17.6. The standard InChI is InChI=1S/C23H30N2O4S/c1-3-29-21-13-11-19(12-14-21)24-23(26)17-25(20-7-5-4-6-8-20)30(27,28)22-15-9-18(2)10-16-22/h9-16,20H,3-8,17H2,1-2H3,(H,24,26). The predicted octanol–water partition coefficient (Wildman–Crippen LogP) is 4.36. The molecule has 6 nitrogen and oxygen atoms in total. The van der Waals surface area contributed by atoms with E-state index in [-0.39, 0.29) is 23.4 Å². The SMILES string of the molecule is CCOc1ccc(NC(=O)CN(C2CCCCC2)S(=O)(=O)c2ccc(C)cc2)cc1. The largest absolute Gasteiger partial charge is 0.494 e. The van der Waals surface area contributed by atoms with E-state index in [1.54, 1.807) is 48.5 Å². The Bertz CT molecular complexity index is 934. The van der Waals surface area contributed by atoms with E-state index in [9.17, 15) is 13.2 Å². The number of hydrogen-bond donors (Lipinski definition) is 1. The summed E-state index contributed by atoms with van der Waals surface area (Å²) in [5.41, 5.74) is 1.60. The molecule has 7 heteroatoms. The molecule has 3 rings (SSSR count). The van der Waals surface area contributed by atoms with Gasteiger partial charge in [0.25, 0.3) is 0 Å². The minimum absolute atomic E-state index is 0.156. The highest BCUT2D eigenvalue weighted by molar-refractivity contribution is 7.89. The van der Waals surface area contributed by atoms with E-state index in [0.717, 1.165) is 43.4 Å². The smallest absolute Gasteiger partial charge is 0.243 e. The first kappa shape index (κ1) is 22.3. The fourth-order valence-corrected chi connectivity index (χ4v) is 5.41. The van der Waals surface area contributed by atoms with Crippen LogP contribution in [0.1, 0.15) is 44.6 Å². The first-order valence-electron chi connectivity index (χ1n) is 10.5. The third-order valence-electron chi connectivity index (χ3n) is 5.36. The quantitative estimate of drug-likeness (QED) is 0.675. The molecule has 0 heterocycles. The Hall–Kier alpha value is -2.38. The van der Waals surface area contributed by atoms with Crippen LogP contribution in [0.2, 0.25) is 0 Å². The number of ether oxygens (including phenoxy) is 1. The molecule has 1 fully saturated rings. The minimum Gasteiger partial charge on any atom is -0.494 e. The number of carbonyl (C=O) groups excluding carboxylic acids is 1. The van der Waals surface area contributed by atoms with Crippen LogP contribution in [-0.2, 0) is 14.8 Å². The van der Waals surface area contributed by atoms with Crippen LogP contribution in [0.25, 0.3) is 0 Å². The van der Waals surface area contributed by atoms with Crippen molar-refractivity contribution in [2.24, 2.45) is 0 Å². The second-order valence-electron chi connectivity index (χ2n) is 7.66. The van der Waals surface area contributed by atoms with Crippen LogP contribution >= 0.6 is 0 Å². The number of benzene rings is 2. The molecule has 2 aromatic carbocycles. The number of nitrogens with zero attached hydrogens (tertiary/aromatic N) is 1. The Morgan fingerprint density at radius 3 is 2.27 bits per heavy atom. The summed E-state index contributed by atoms with van der Waals surface area (Å²) in [6.07, 6.45) is 4.62. The summed E-state index contributed by atoms with van der Waals surface area (Å²) in [6, 6.07) is 13.7. The topological polar surface area (TPSA) is 75.7 Å². The molecule has 162 valence electrons. The lowest BCUT2D eigenvalue weighted by molar-refractivity contribution is -0.116. The fourth-order valence-electron chi connectivity index (χ4n) is 3.77. The molecule has 1 saturated carbocycles. The summed E-state index contributed by atoms with van der Waals surface area (Å²) in [5.74, 6) is 0.377. The maximum Gasteiger partial charge on any atom is 0.243 e. The number of hydrogen-bond acceptors (Lipinski definition) is 4. The zero-order valence-corrected chi connectivity index (χ0v) is 18.5. The maximum atomic E-state index is 13.4. The molecule has 0 saturated heterocycles. The Morgan fingerprint density at radius 2 is 1.67 bits per heavy atom. The Labute approximate surface area is 179 Å². The first-order chi connectivity index (χ1) is 14.4. The Kier molecular flexibility index (Phi) is 7.50. The van der Waals surface area contributed by atoms with Gasteiger partial charge in [-0.2, -0.15) is 4.31 Å². The van der Waals surface area contributed by atoms with Gasteiger partial charge in [0.2, 0.25) is 15.9 Å². The van der Waals surface area contributed by atoms with Crippen molar-refractivity contribution in [2.45, 2.75) is 56.9 Å². The van der Waals surface area contributed by atoms with Gasteiger partial charge in [-0.3, -0.25) is 4.79 Å². The lowest BCUT2D eigenvalue weighted by Crippen LogP contribution is -2.45. The van der Waals surface area contributed by atoms with Crippen LogP contribution in [0.3, 0.4) is 0 Å². The molecule has 1 aliphatic rings. The second kappa shape index (κ2) is 10.1. The van der Waals surface area contributed by atoms with Crippen molar-refractivity contribution < 1.29 is 17.9 Å². The van der Waals surface area contributed by atoms with E-state index in [1.807, 2.05) is 13.8 Å². The molecule has 2 aromatic rings. The molecule has 0 atom stereocenters. The van der Waals surface area contributed by atoms with Crippen LogP contribution in [0.5, 0.6) is 5.75 Å². The molecule has 0 unspecified atom stereocenters. The summed E-state index contributed by atoms with van der Waals surface area (Å²) in [5, 5.41) is 2.81. The Balaban J connectivity index is 1.78. The molecule has 0 aliphatic heterocycles. The molecule has 0 aromatic heterocycles. The minimum atomic E-state index is -3.77. The van der Waals surface area contributed by atoms with Crippen molar-refractivity contribution in [1.29, 1.82) is 0 Å². The molecule has 1 amide bonds. The fraction of sp³-hybridized carbons (Fsp3) is 0.435. The number of sulfonamides is 1. The van der Waals surface area contributed by atoms with Crippen molar-refractivity contribution in [3.05, 3.63) is 54.1 Å². The van der Waals surface area contributed by atoms with Gasteiger partial charge in [0.15, 0.2) is 0 Å². The molecule has 1 aliphatic carbocycles.